The number of nitrogens with zero attached hydrogens (tertiary/aromatic N) is 4. The summed E-state index contributed by atoms with van der Waals surface area (Å²) in [4.78, 5) is 11.9. The lowest BCUT2D eigenvalue weighted by Crippen LogP contribution is -1.98. The van der Waals surface area contributed by atoms with Crippen LogP contribution in [0.15, 0.2) is 18.3 Å². The predicted octanol–water partition coefficient (Wildman–Crippen LogP) is 2.01. The summed E-state index contributed by atoms with van der Waals surface area (Å²) in [5, 5.41) is 8.58. The highest BCUT2D eigenvalue weighted by Gasteiger charge is 2.11. The number of halogens is 1. The summed E-state index contributed by atoms with van der Waals surface area (Å²) in [6.45, 7) is 1.95. The van der Waals surface area contributed by atoms with Crippen LogP contribution >= 0.6 is 11.6 Å². The number of ketones is 1. The normalized spacial score (nSPS) is 11.3. The molecule has 0 saturated heterocycles. The molecule has 0 atom stereocenters. The smallest absolute Gasteiger partial charge is 0.207 e. The Labute approximate surface area is 110 Å². The molecule has 2 heterocycles. The number of carbonyl (C=O) groups excluding carboxylic acids is 1. The molecule has 2 rings (SSSR count). The molecule has 0 aliphatic heterocycles. The van der Waals surface area contributed by atoms with Gasteiger partial charge < -0.3 is 0 Å². The number of aromatic nitrogens is 4. The van der Waals surface area contributed by atoms with E-state index in [-0.39, 0.29) is 11.5 Å². The first-order chi connectivity index (χ1) is 8.47. The minimum absolute atomic E-state index is 0.232. The first-order valence-electron chi connectivity index (χ1n) is 5.39. The Balaban J connectivity index is 2.19. The Bertz CT molecular complexity index is 605. The molecule has 0 unspecified atom stereocenters. The number of rotatable bonds is 3. The van der Waals surface area contributed by atoms with E-state index < -0.39 is 0 Å². The standard InChI is InChI=1S/C12H13ClN4O/c1-8-6-9(14-17(8)3)4-5-11(18)12-10(13)7-16(2)15-12/h4-7H,1-3H3/b5-4+. The van der Waals surface area contributed by atoms with E-state index in [1.165, 1.54) is 10.8 Å². The molecule has 6 heteroatoms. The van der Waals surface area contributed by atoms with E-state index in [9.17, 15) is 4.79 Å². The lowest BCUT2D eigenvalue weighted by Gasteiger charge is -1.89. The summed E-state index contributed by atoms with van der Waals surface area (Å²) in [6, 6.07) is 1.89. The van der Waals surface area contributed by atoms with Gasteiger partial charge >= 0.3 is 0 Å². The van der Waals surface area contributed by atoms with Crippen molar-refractivity contribution in [3.63, 3.8) is 0 Å². The Hall–Kier alpha value is -1.88. The fraction of sp³-hybridized carbons (Fsp3) is 0.250. The van der Waals surface area contributed by atoms with Crippen LogP contribution in [0.2, 0.25) is 5.02 Å². The quantitative estimate of drug-likeness (QED) is 0.629. The van der Waals surface area contributed by atoms with Crippen LogP contribution in [-0.4, -0.2) is 25.3 Å². The molecule has 5 nitrogen and oxygen atoms in total. The van der Waals surface area contributed by atoms with Crippen LogP contribution in [-0.2, 0) is 14.1 Å². The molecule has 0 bridgehead atoms. The third-order valence-electron chi connectivity index (χ3n) is 2.56. The van der Waals surface area contributed by atoms with Gasteiger partial charge in [0.1, 0.15) is 0 Å². The lowest BCUT2D eigenvalue weighted by atomic mass is 10.2. The van der Waals surface area contributed by atoms with Crippen LogP contribution in [0.25, 0.3) is 6.08 Å². The van der Waals surface area contributed by atoms with Gasteiger partial charge in [0.25, 0.3) is 0 Å². The number of allylic oxidation sites excluding steroid dienone is 1. The van der Waals surface area contributed by atoms with Crippen molar-refractivity contribution < 1.29 is 4.79 Å². The summed E-state index contributed by atoms with van der Waals surface area (Å²) in [7, 11) is 3.57. The molecule has 0 saturated carbocycles. The minimum atomic E-state index is -0.232. The summed E-state index contributed by atoms with van der Waals surface area (Å²) in [6.07, 6.45) is 4.67. The second-order valence-electron chi connectivity index (χ2n) is 4.03. The Morgan fingerprint density at radius 1 is 1.39 bits per heavy atom. The van der Waals surface area contributed by atoms with Crippen molar-refractivity contribution in [1.82, 2.24) is 19.6 Å². The number of hydrogen-bond acceptors (Lipinski definition) is 3. The van der Waals surface area contributed by atoms with Gasteiger partial charge in [0.05, 0.1) is 10.7 Å². The minimum Gasteiger partial charge on any atom is -0.287 e. The van der Waals surface area contributed by atoms with Crippen molar-refractivity contribution in [2.45, 2.75) is 6.92 Å². The summed E-state index contributed by atoms with van der Waals surface area (Å²) in [5.41, 5.74) is 2.01. The van der Waals surface area contributed by atoms with Gasteiger partial charge in [-0.2, -0.15) is 10.2 Å². The lowest BCUT2D eigenvalue weighted by molar-refractivity contribution is 0.104. The molecule has 0 N–H and O–H groups in total. The maximum Gasteiger partial charge on any atom is 0.207 e. The highest BCUT2D eigenvalue weighted by atomic mass is 35.5. The van der Waals surface area contributed by atoms with Gasteiger partial charge in [-0.1, -0.05) is 11.6 Å². The van der Waals surface area contributed by atoms with Crippen molar-refractivity contribution in [1.29, 1.82) is 0 Å². The average molecular weight is 265 g/mol. The number of carbonyl (C=O) groups is 1. The maximum atomic E-state index is 11.9. The molecule has 0 amide bonds. The van der Waals surface area contributed by atoms with Crippen molar-refractivity contribution in [3.05, 3.63) is 40.4 Å². The van der Waals surface area contributed by atoms with Gasteiger partial charge in [-0.3, -0.25) is 14.2 Å². The Morgan fingerprint density at radius 3 is 2.61 bits per heavy atom. The fourth-order valence-corrected chi connectivity index (χ4v) is 1.81. The highest BCUT2D eigenvalue weighted by molar-refractivity contribution is 6.34. The predicted molar refractivity (Wildman–Crippen MR) is 69.5 cm³/mol. The second-order valence-corrected chi connectivity index (χ2v) is 4.44. The molecule has 2 aromatic heterocycles. The molecule has 18 heavy (non-hydrogen) atoms. The molecule has 94 valence electrons. The van der Waals surface area contributed by atoms with Gasteiger partial charge in [0, 0.05) is 26.0 Å². The molecule has 0 radical (unpaired) electrons. The van der Waals surface area contributed by atoms with Crippen molar-refractivity contribution in [2.24, 2.45) is 14.1 Å². The largest absolute Gasteiger partial charge is 0.287 e. The molecule has 0 aliphatic carbocycles. The summed E-state index contributed by atoms with van der Waals surface area (Å²) < 4.78 is 3.26. The Kier molecular flexibility index (Phi) is 3.34. The van der Waals surface area contributed by atoms with Crippen LogP contribution in [0.1, 0.15) is 21.9 Å². The molecular weight excluding hydrogens is 252 g/mol. The van der Waals surface area contributed by atoms with E-state index in [1.54, 1.807) is 24.0 Å². The molecule has 0 aromatic carbocycles. The monoisotopic (exact) mass is 264 g/mol. The van der Waals surface area contributed by atoms with E-state index in [1.807, 2.05) is 20.0 Å². The van der Waals surface area contributed by atoms with Crippen molar-refractivity contribution >= 4 is 23.5 Å². The summed E-state index contributed by atoms with van der Waals surface area (Å²) >= 11 is 5.89. The molecule has 0 spiro atoms. The van der Waals surface area contributed by atoms with E-state index in [0.717, 1.165) is 11.4 Å². The van der Waals surface area contributed by atoms with E-state index in [2.05, 4.69) is 10.2 Å². The van der Waals surface area contributed by atoms with Gasteiger partial charge in [-0.25, -0.2) is 0 Å². The van der Waals surface area contributed by atoms with Crippen LogP contribution in [0.3, 0.4) is 0 Å². The van der Waals surface area contributed by atoms with Gasteiger partial charge in [0.15, 0.2) is 5.69 Å². The van der Waals surface area contributed by atoms with Crippen molar-refractivity contribution in [2.75, 3.05) is 0 Å². The second kappa shape index (κ2) is 4.78. The van der Waals surface area contributed by atoms with Gasteiger partial charge in [-0.15, -0.1) is 0 Å². The first-order valence-corrected chi connectivity index (χ1v) is 5.77. The van der Waals surface area contributed by atoms with Crippen LogP contribution in [0.4, 0.5) is 0 Å². The highest BCUT2D eigenvalue weighted by Crippen LogP contribution is 2.14. The van der Waals surface area contributed by atoms with Crippen LogP contribution < -0.4 is 0 Å². The molecule has 0 fully saturated rings. The van der Waals surface area contributed by atoms with E-state index in [0.29, 0.717) is 5.02 Å². The third kappa shape index (κ3) is 2.51. The van der Waals surface area contributed by atoms with Gasteiger partial charge in [-0.05, 0) is 25.1 Å². The maximum absolute atomic E-state index is 11.9. The van der Waals surface area contributed by atoms with E-state index >= 15 is 0 Å². The zero-order valence-electron chi connectivity index (χ0n) is 10.4. The Morgan fingerprint density at radius 2 is 2.11 bits per heavy atom. The first kappa shape index (κ1) is 12.6. The number of aryl methyl sites for hydroxylation is 3. The SMILES string of the molecule is Cc1cc(/C=C/C(=O)c2nn(C)cc2Cl)nn1C. The fourth-order valence-electron chi connectivity index (χ4n) is 1.54. The van der Waals surface area contributed by atoms with E-state index in [4.69, 9.17) is 11.6 Å². The average Bonchev–Trinajstić information content (AvgIpc) is 2.79. The molecule has 2 aromatic rings. The number of hydrogen-bond donors (Lipinski definition) is 0. The van der Waals surface area contributed by atoms with Crippen LogP contribution in [0, 0.1) is 6.92 Å². The van der Waals surface area contributed by atoms with Crippen LogP contribution in [0.5, 0.6) is 0 Å². The van der Waals surface area contributed by atoms with Gasteiger partial charge in [0.2, 0.25) is 5.78 Å². The summed E-state index contributed by atoms with van der Waals surface area (Å²) in [5.74, 6) is -0.232. The zero-order valence-corrected chi connectivity index (χ0v) is 11.1. The van der Waals surface area contributed by atoms with Crippen molar-refractivity contribution in [3.8, 4) is 0 Å². The zero-order chi connectivity index (χ0) is 13.3. The molecular formula is C12H13ClN4O. The third-order valence-corrected chi connectivity index (χ3v) is 2.83. The topological polar surface area (TPSA) is 52.7 Å². The molecule has 0 aliphatic rings.